The molecule has 0 spiro atoms. The number of hydrogen-bond acceptors (Lipinski definition) is 3. The predicted molar refractivity (Wildman–Crippen MR) is 69.8 cm³/mol. The summed E-state index contributed by atoms with van der Waals surface area (Å²) in [6.45, 7) is 5.72. The molecule has 0 amide bonds. The van der Waals surface area contributed by atoms with Crippen molar-refractivity contribution in [3.05, 3.63) is 34.4 Å². The molecule has 0 bridgehead atoms. The number of aryl methyl sites for hydroxylation is 3. The molecule has 0 heterocycles. The highest BCUT2D eigenvalue weighted by atomic mass is 16.4. The van der Waals surface area contributed by atoms with Gasteiger partial charge in [-0.2, -0.15) is 0 Å². The fraction of sp³-hybridized carbons (Fsp3) is 0.429. The Morgan fingerprint density at radius 3 is 2.17 bits per heavy atom. The molecule has 1 atom stereocenters. The minimum atomic E-state index is -0.935. The number of hydrogen-bond donors (Lipinski definition) is 2. The molecule has 1 aromatic rings. The van der Waals surface area contributed by atoms with Gasteiger partial charge in [-0.1, -0.05) is 17.7 Å². The molecule has 4 heteroatoms. The Labute approximate surface area is 107 Å². The van der Waals surface area contributed by atoms with Crippen molar-refractivity contribution < 1.29 is 14.7 Å². The van der Waals surface area contributed by atoms with Crippen molar-refractivity contribution in [3.8, 4) is 0 Å². The monoisotopic (exact) mass is 249 g/mol. The Morgan fingerprint density at radius 1 is 1.22 bits per heavy atom. The van der Waals surface area contributed by atoms with Crippen LogP contribution in [0.15, 0.2) is 12.1 Å². The summed E-state index contributed by atoms with van der Waals surface area (Å²) in [5.41, 5.74) is 9.27. The molecule has 0 aromatic heterocycles. The molecule has 1 aromatic carbocycles. The highest BCUT2D eigenvalue weighted by Gasteiger charge is 2.20. The topological polar surface area (TPSA) is 80.4 Å². The normalized spacial score (nSPS) is 12.2. The van der Waals surface area contributed by atoms with E-state index in [2.05, 4.69) is 0 Å². The van der Waals surface area contributed by atoms with E-state index in [-0.39, 0.29) is 18.6 Å². The van der Waals surface area contributed by atoms with Gasteiger partial charge in [0.25, 0.3) is 0 Å². The minimum Gasteiger partial charge on any atom is -0.481 e. The number of benzene rings is 1. The molecule has 4 nitrogen and oxygen atoms in total. The number of rotatable bonds is 5. The van der Waals surface area contributed by atoms with E-state index in [1.165, 1.54) is 0 Å². The third-order valence-corrected chi connectivity index (χ3v) is 2.93. The van der Waals surface area contributed by atoms with Crippen LogP contribution in [-0.2, 0) is 4.79 Å². The molecule has 0 saturated carbocycles. The van der Waals surface area contributed by atoms with Gasteiger partial charge in [-0.3, -0.25) is 9.59 Å². The van der Waals surface area contributed by atoms with Crippen molar-refractivity contribution in [1.29, 1.82) is 0 Å². The maximum atomic E-state index is 12.2. The van der Waals surface area contributed by atoms with Crippen LogP contribution in [0.2, 0.25) is 0 Å². The summed E-state index contributed by atoms with van der Waals surface area (Å²) in [7, 11) is 0. The minimum absolute atomic E-state index is 0.0864. The zero-order valence-corrected chi connectivity index (χ0v) is 11.0. The van der Waals surface area contributed by atoms with Crippen LogP contribution in [-0.4, -0.2) is 22.9 Å². The molecule has 18 heavy (non-hydrogen) atoms. The van der Waals surface area contributed by atoms with Gasteiger partial charge in [0, 0.05) is 12.0 Å². The summed E-state index contributed by atoms with van der Waals surface area (Å²) in [6, 6.07) is 3.12. The van der Waals surface area contributed by atoms with E-state index in [4.69, 9.17) is 10.8 Å². The van der Waals surface area contributed by atoms with Crippen molar-refractivity contribution in [2.45, 2.75) is 39.7 Å². The number of carbonyl (C=O) groups is 2. The summed E-state index contributed by atoms with van der Waals surface area (Å²) in [5.74, 6) is -1.11. The van der Waals surface area contributed by atoms with Gasteiger partial charge in [-0.05, 0) is 38.3 Å². The first-order valence-corrected chi connectivity index (χ1v) is 5.92. The molecular formula is C14H19NO3. The lowest BCUT2D eigenvalue weighted by Crippen LogP contribution is -2.32. The number of carboxylic acids is 1. The van der Waals surface area contributed by atoms with Gasteiger partial charge in [0.1, 0.15) is 0 Å². The van der Waals surface area contributed by atoms with Crippen LogP contribution in [0.3, 0.4) is 0 Å². The maximum absolute atomic E-state index is 12.2. The molecule has 0 aliphatic heterocycles. The highest BCUT2D eigenvalue weighted by molar-refractivity contribution is 6.02. The summed E-state index contributed by atoms with van der Waals surface area (Å²) >= 11 is 0. The number of carboxylic acid groups (broad SMARTS) is 1. The molecule has 98 valence electrons. The van der Waals surface area contributed by atoms with Crippen molar-refractivity contribution >= 4 is 11.8 Å². The summed E-state index contributed by atoms with van der Waals surface area (Å²) in [6.07, 6.45) is 0.0811. The third kappa shape index (κ3) is 3.40. The third-order valence-electron chi connectivity index (χ3n) is 2.93. The Kier molecular flexibility index (Phi) is 4.62. The largest absolute Gasteiger partial charge is 0.481 e. The molecule has 0 fully saturated rings. The standard InChI is InChI=1S/C14H19NO3/c1-8-6-9(2)13(10(3)7-8)14(18)11(15)4-5-12(16)17/h6-7,11H,4-5,15H2,1-3H3,(H,16,17). The highest BCUT2D eigenvalue weighted by Crippen LogP contribution is 2.18. The van der Waals surface area contributed by atoms with E-state index in [0.29, 0.717) is 5.56 Å². The Bertz CT molecular complexity index is 457. The lowest BCUT2D eigenvalue weighted by Gasteiger charge is -2.14. The average Bonchev–Trinajstić information content (AvgIpc) is 2.24. The Balaban J connectivity index is 2.93. The van der Waals surface area contributed by atoms with Crippen LogP contribution in [0.5, 0.6) is 0 Å². The van der Waals surface area contributed by atoms with Crippen LogP contribution in [0.1, 0.15) is 39.9 Å². The molecular weight excluding hydrogens is 230 g/mol. The number of carbonyl (C=O) groups excluding carboxylic acids is 1. The van der Waals surface area contributed by atoms with Crippen LogP contribution >= 0.6 is 0 Å². The van der Waals surface area contributed by atoms with Crippen molar-refractivity contribution in [2.24, 2.45) is 5.73 Å². The zero-order chi connectivity index (χ0) is 13.9. The van der Waals surface area contributed by atoms with E-state index >= 15 is 0 Å². The van der Waals surface area contributed by atoms with Gasteiger partial charge in [0.15, 0.2) is 5.78 Å². The van der Waals surface area contributed by atoms with Gasteiger partial charge >= 0.3 is 5.97 Å². The van der Waals surface area contributed by atoms with E-state index in [1.807, 2.05) is 32.9 Å². The smallest absolute Gasteiger partial charge is 0.303 e. The Hall–Kier alpha value is -1.68. The van der Waals surface area contributed by atoms with Gasteiger partial charge in [0.2, 0.25) is 0 Å². The summed E-state index contributed by atoms with van der Waals surface area (Å²) in [4.78, 5) is 22.7. The molecule has 3 N–H and O–H groups in total. The fourth-order valence-corrected chi connectivity index (χ4v) is 2.16. The summed E-state index contributed by atoms with van der Waals surface area (Å²) in [5, 5.41) is 8.59. The average molecular weight is 249 g/mol. The molecule has 0 radical (unpaired) electrons. The van der Waals surface area contributed by atoms with Gasteiger partial charge < -0.3 is 10.8 Å². The first-order valence-electron chi connectivity index (χ1n) is 5.92. The quantitative estimate of drug-likeness (QED) is 0.782. The first-order chi connectivity index (χ1) is 8.32. The molecule has 0 saturated heterocycles. The lowest BCUT2D eigenvalue weighted by atomic mass is 9.92. The second kappa shape index (κ2) is 5.78. The van der Waals surface area contributed by atoms with Crippen molar-refractivity contribution in [3.63, 3.8) is 0 Å². The van der Waals surface area contributed by atoms with Gasteiger partial charge in [-0.15, -0.1) is 0 Å². The number of aliphatic carboxylic acids is 1. The number of ketones is 1. The van der Waals surface area contributed by atoms with Crippen molar-refractivity contribution in [2.75, 3.05) is 0 Å². The van der Waals surface area contributed by atoms with Crippen LogP contribution < -0.4 is 5.73 Å². The molecule has 1 rings (SSSR count). The number of nitrogens with two attached hydrogens (primary N) is 1. The second-order valence-corrected chi connectivity index (χ2v) is 4.68. The second-order valence-electron chi connectivity index (χ2n) is 4.68. The molecule has 0 aliphatic carbocycles. The fourth-order valence-electron chi connectivity index (χ4n) is 2.16. The first kappa shape index (κ1) is 14.4. The Morgan fingerprint density at radius 2 is 1.72 bits per heavy atom. The molecule has 1 unspecified atom stereocenters. The van der Waals surface area contributed by atoms with E-state index in [0.717, 1.165) is 16.7 Å². The predicted octanol–water partition coefficient (Wildman–Crippen LogP) is 1.99. The van der Waals surface area contributed by atoms with E-state index in [9.17, 15) is 9.59 Å². The number of Topliss-reactive ketones (excluding diaryl/α,β-unsaturated/α-hetero) is 1. The lowest BCUT2D eigenvalue weighted by molar-refractivity contribution is -0.137. The van der Waals surface area contributed by atoms with Gasteiger partial charge in [-0.25, -0.2) is 0 Å². The summed E-state index contributed by atoms with van der Waals surface area (Å²) < 4.78 is 0. The van der Waals surface area contributed by atoms with Crippen LogP contribution in [0, 0.1) is 20.8 Å². The van der Waals surface area contributed by atoms with E-state index in [1.54, 1.807) is 0 Å². The van der Waals surface area contributed by atoms with Crippen molar-refractivity contribution in [1.82, 2.24) is 0 Å². The van der Waals surface area contributed by atoms with E-state index < -0.39 is 12.0 Å². The van der Waals surface area contributed by atoms with Crippen LogP contribution in [0.4, 0.5) is 0 Å². The zero-order valence-electron chi connectivity index (χ0n) is 11.0. The van der Waals surface area contributed by atoms with Gasteiger partial charge in [0.05, 0.1) is 6.04 Å². The molecule has 0 aliphatic rings. The maximum Gasteiger partial charge on any atom is 0.303 e. The SMILES string of the molecule is Cc1cc(C)c(C(=O)C(N)CCC(=O)O)c(C)c1. The van der Waals surface area contributed by atoms with Crippen LogP contribution in [0.25, 0.3) is 0 Å².